The van der Waals surface area contributed by atoms with Gasteiger partial charge in [-0.3, -0.25) is 14.4 Å². The number of methoxy groups -OCH3 is 1. The maximum Gasteiger partial charge on any atom is 0.247 e. The molecule has 2 N–H and O–H groups in total. The number of hydrogen-bond acceptors (Lipinski definition) is 6. The summed E-state index contributed by atoms with van der Waals surface area (Å²) in [5.41, 5.74) is 0.682. The minimum Gasteiger partial charge on any atom is -0.383 e. The number of carbonyl (C=O) groups is 3. The second kappa shape index (κ2) is 12.7. The molecule has 10 heteroatoms. The SMILES string of the molecule is COCCNC(=O)[C@H](c1ccc(Cl)cc1)N(C(=O)CCC(=O)Nc1nccs1)C1CCCC1. The van der Waals surface area contributed by atoms with Gasteiger partial charge in [0, 0.05) is 49.1 Å². The summed E-state index contributed by atoms with van der Waals surface area (Å²) in [5, 5.41) is 8.39. The Morgan fingerprint density at radius 2 is 1.94 bits per heavy atom. The molecule has 0 aliphatic heterocycles. The van der Waals surface area contributed by atoms with Crippen LogP contribution in [-0.2, 0) is 19.1 Å². The first-order valence-corrected chi connectivity index (χ1v) is 12.3. The highest BCUT2D eigenvalue weighted by atomic mass is 35.5. The average Bonchev–Trinajstić information content (AvgIpc) is 3.51. The van der Waals surface area contributed by atoms with Crippen molar-refractivity contribution in [3.63, 3.8) is 0 Å². The van der Waals surface area contributed by atoms with E-state index in [1.807, 2.05) is 0 Å². The molecule has 0 saturated heterocycles. The van der Waals surface area contributed by atoms with Crippen molar-refractivity contribution in [3.8, 4) is 0 Å². The van der Waals surface area contributed by atoms with Crippen LogP contribution in [-0.4, -0.2) is 53.9 Å². The van der Waals surface area contributed by atoms with Gasteiger partial charge in [0.1, 0.15) is 6.04 Å². The number of anilines is 1. The number of ether oxygens (including phenoxy) is 1. The molecule has 1 atom stereocenters. The van der Waals surface area contributed by atoms with Crippen LogP contribution in [0.25, 0.3) is 0 Å². The standard InChI is InChI=1S/C23H29ClN4O4S/c1-32-14-12-25-22(31)21(16-6-8-17(24)9-7-16)28(18-4-2-3-5-18)20(30)11-10-19(29)27-23-26-13-15-33-23/h6-9,13,15,18,21H,2-5,10-12,14H2,1H3,(H,25,31)(H,26,27,29)/t21-/m0/s1. The monoisotopic (exact) mass is 492 g/mol. The lowest BCUT2D eigenvalue weighted by Gasteiger charge is -2.36. The Hall–Kier alpha value is -2.49. The molecular formula is C23H29ClN4O4S. The van der Waals surface area contributed by atoms with Crippen LogP contribution < -0.4 is 10.6 Å². The second-order valence-corrected chi connectivity index (χ2v) is 9.19. The first-order valence-electron chi connectivity index (χ1n) is 11.0. The molecule has 1 aliphatic rings. The predicted molar refractivity (Wildman–Crippen MR) is 128 cm³/mol. The van der Waals surface area contributed by atoms with Crippen LogP contribution in [0.3, 0.4) is 0 Å². The van der Waals surface area contributed by atoms with Crippen molar-refractivity contribution >= 4 is 45.8 Å². The van der Waals surface area contributed by atoms with Crippen molar-refractivity contribution in [2.75, 3.05) is 25.6 Å². The molecule has 3 rings (SSSR count). The number of carbonyl (C=O) groups excluding carboxylic acids is 3. The van der Waals surface area contributed by atoms with Crippen LogP contribution in [0.4, 0.5) is 5.13 Å². The molecule has 2 aromatic rings. The van der Waals surface area contributed by atoms with Gasteiger partial charge in [0.25, 0.3) is 0 Å². The fourth-order valence-electron chi connectivity index (χ4n) is 4.01. The van der Waals surface area contributed by atoms with E-state index in [4.69, 9.17) is 16.3 Å². The summed E-state index contributed by atoms with van der Waals surface area (Å²) in [7, 11) is 1.56. The van der Waals surface area contributed by atoms with Crippen molar-refractivity contribution in [3.05, 3.63) is 46.4 Å². The molecule has 0 radical (unpaired) electrons. The smallest absolute Gasteiger partial charge is 0.247 e. The summed E-state index contributed by atoms with van der Waals surface area (Å²) < 4.78 is 5.05. The predicted octanol–water partition coefficient (Wildman–Crippen LogP) is 3.79. The van der Waals surface area contributed by atoms with Gasteiger partial charge in [-0.15, -0.1) is 11.3 Å². The van der Waals surface area contributed by atoms with Crippen LogP contribution >= 0.6 is 22.9 Å². The zero-order valence-corrected chi connectivity index (χ0v) is 20.2. The van der Waals surface area contributed by atoms with Crippen molar-refractivity contribution < 1.29 is 19.1 Å². The third kappa shape index (κ3) is 7.25. The zero-order chi connectivity index (χ0) is 23.6. The van der Waals surface area contributed by atoms with Crippen LogP contribution in [0.1, 0.15) is 50.1 Å². The van der Waals surface area contributed by atoms with E-state index in [-0.39, 0.29) is 36.6 Å². The number of benzene rings is 1. The maximum absolute atomic E-state index is 13.5. The van der Waals surface area contributed by atoms with E-state index in [2.05, 4.69) is 15.6 Å². The molecule has 8 nitrogen and oxygen atoms in total. The average molecular weight is 493 g/mol. The number of aromatic nitrogens is 1. The summed E-state index contributed by atoms with van der Waals surface area (Å²) in [6, 6.07) is 6.10. The van der Waals surface area contributed by atoms with Gasteiger partial charge < -0.3 is 20.3 Å². The van der Waals surface area contributed by atoms with Crippen molar-refractivity contribution in [2.24, 2.45) is 0 Å². The van der Waals surface area contributed by atoms with Crippen molar-refractivity contribution in [2.45, 2.75) is 50.6 Å². The lowest BCUT2D eigenvalue weighted by molar-refractivity contribution is -0.144. The molecule has 1 heterocycles. The number of halogens is 1. The molecule has 1 fully saturated rings. The van der Waals surface area contributed by atoms with Crippen LogP contribution in [0.5, 0.6) is 0 Å². The topological polar surface area (TPSA) is 101 Å². The Balaban J connectivity index is 1.80. The normalized spacial score (nSPS) is 14.6. The third-order valence-electron chi connectivity index (χ3n) is 5.57. The molecule has 0 unspecified atom stereocenters. The molecule has 3 amide bonds. The van der Waals surface area contributed by atoms with E-state index < -0.39 is 6.04 Å². The molecule has 178 valence electrons. The van der Waals surface area contributed by atoms with E-state index in [1.165, 1.54) is 11.3 Å². The Bertz CT molecular complexity index is 917. The highest BCUT2D eigenvalue weighted by molar-refractivity contribution is 7.13. The number of amides is 3. The number of hydrogen-bond donors (Lipinski definition) is 2. The Morgan fingerprint density at radius 1 is 1.21 bits per heavy atom. The second-order valence-electron chi connectivity index (χ2n) is 7.86. The van der Waals surface area contributed by atoms with Gasteiger partial charge in [0.15, 0.2) is 5.13 Å². The first-order chi connectivity index (χ1) is 16.0. The Labute approximate surface area is 202 Å². The maximum atomic E-state index is 13.5. The van der Waals surface area contributed by atoms with E-state index in [1.54, 1.807) is 47.9 Å². The summed E-state index contributed by atoms with van der Waals surface area (Å²) >= 11 is 7.38. The minimum absolute atomic E-state index is 0.00312. The van der Waals surface area contributed by atoms with E-state index in [0.29, 0.717) is 28.9 Å². The largest absolute Gasteiger partial charge is 0.383 e. The number of rotatable bonds is 11. The van der Waals surface area contributed by atoms with Gasteiger partial charge in [-0.05, 0) is 30.5 Å². The third-order valence-corrected chi connectivity index (χ3v) is 6.51. The Morgan fingerprint density at radius 3 is 2.58 bits per heavy atom. The zero-order valence-electron chi connectivity index (χ0n) is 18.6. The molecular weight excluding hydrogens is 464 g/mol. The van der Waals surface area contributed by atoms with Gasteiger partial charge in [0.05, 0.1) is 6.61 Å². The number of thiazole rings is 1. The van der Waals surface area contributed by atoms with Crippen LogP contribution in [0, 0.1) is 0 Å². The van der Waals surface area contributed by atoms with Gasteiger partial charge >= 0.3 is 0 Å². The molecule has 1 aromatic heterocycles. The van der Waals surface area contributed by atoms with E-state index in [0.717, 1.165) is 25.7 Å². The van der Waals surface area contributed by atoms with E-state index >= 15 is 0 Å². The first kappa shape index (κ1) is 25.1. The summed E-state index contributed by atoms with van der Waals surface area (Å²) in [6.07, 6.45) is 5.27. The molecule has 0 spiro atoms. The molecule has 1 aliphatic carbocycles. The summed E-state index contributed by atoms with van der Waals surface area (Å²) in [5.74, 6) is -0.780. The number of nitrogens with zero attached hydrogens (tertiary/aromatic N) is 2. The minimum atomic E-state index is -0.809. The highest BCUT2D eigenvalue weighted by Crippen LogP contribution is 2.33. The summed E-state index contributed by atoms with van der Waals surface area (Å²) in [4.78, 5) is 44.8. The lowest BCUT2D eigenvalue weighted by Crippen LogP contribution is -2.48. The lowest BCUT2D eigenvalue weighted by atomic mass is 10.00. The van der Waals surface area contributed by atoms with Gasteiger partial charge in [-0.25, -0.2) is 4.98 Å². The molecule has 0 bridgehead atoms. The Kier molecular flexibility index (Phi) is 9.65. The summed E-state index contributed by atoms with van der Waals surface area (Å²) in [6.45, 7) is 0.704. The fraction of sp³-hybridized carbons (Fsp3) is 0.478. The molecule has 1 aromatic carbocycles. The molecule has 1 saturated carbocycles. The van der Waals surface area contributed by atoms with Crippen molar-refractivity contribution in [1.29, 1.82) is 0 Å². The van der Waals surface area contributed by atoms with Gasteiger partial charge in [-0.2, -0.15) is 0 Å². The van der Waals surface area contributed by atoms with Crippen LogP contribution in [0.15, 0.2) is 35.8 Å². The van der Waals surface area contributed by atoms with Crippen molar-refractivity contribution in [1.82, 2.24) is 15.2 Å². The van der Waals surface area contributed by atoms with Gasteiger partial charge in [0.2, 0.25) is 17.7 Å². The number of nitrogens with one attached hydrogen (secondary N) is 2. The van der Waals surface area contributed by atoms with Crippen LogP contribution in [0.2, 0.25) is 5.02 Å². The fourth-order valence-corrected chi connectivity index (χ4v) is 4.68. The molecule has 33 heavy (non-hydrogen) atoms. The van der Waals surface area contributed by atoms with Gasteiger partial charge in [-0.1, -0.05) is 36.6 Å². The van der Waals surface area contributed by atoms with E-state index in [9.17, 15) is 14.4 Å². The highest BCUT2D eigenvalue weighted by Gasteiger charge is 2.37. The quantitative estimate of drug-likeness (QED) is 0.465.